The van der Waals surface area contributed by atoms with Gasteiger partial charge >= 0.3 is 5.97 Å². The number of unbranched alkanes of at least 4 members (excludes halogenated alkanes) is 2. The number of carboxylic acids is 1. The molecule has 146 valence electrons. The fourth-order valence-corrected chi connectivity index (χ4v) is 3.81. The molecule has 0 amide bonds. The lowest BCUT2D eigenvalue weighted by Gasteiger charge is -2.27. The molecule has 2 aromatic rings. The normalized spacial score (nSPS) is 16.6. The molecule has 1 heterocycles. The zero-order valence-electron chi connectivity index (χ0n) is 16.6. The highest BCUT2D eigenvalue weighted by Gasteiger charge is 2.39. The van der Waals surface area contributed by atoms with Gasteiger partial charge in [-0.05, 0) is 42.7 Å². The lowest BCUT2D eigenvalue weighted by molar-refractivity contribution is -0.137. The zero-order chi connectivity index (χ0) is 20.0. The maximum absolute atomic E-state index is 10.7. The van der Waals surface area contributed by atoms with Crippen LogP contribution in [0.1, 0.15) is 45.1 Å². The molecule has 0 aromatic heterocycles. The molecule has 0 spiro atoms. The average Bonchev–Trinajstić information content (AvgIpc) is 2.90. The second-order valence-corrected chi connectivity index (χ2v) is 7.66. The average molecular weight is 377 g/mol. The molecule has 0 atom stereocenters. The molecule has 0 radical (unpaired) electrons. The van der Waals surface area contributed by atoms with Crippen molar-refractivity contribution in [3.63, 3.8) is 0 Å². The van der Waals surface area contributed by atoms with Crippen molar-refractivity contribution < 1.29 is 9.90 Å². The number of allylic oxidation sites excluding steroid dienone is 2. The van der Waals surface area contributed by atoms with E-state index in [4.69, 9.17) is 5.11 Å². The molecule has 2 aromatic carbocycles. The number of aliphatic carboxylic acids is 1. The summed E-state index contributed by atoms with van der Waals surface area (Å²) in [6.07, 6.45) is 6.85. The standard InChI is InChI=1S/C24H28N2O2/c1-24(2)20-13-8-9-14-21(20)26(18-10-4-7-15-23(27)28)22(24)16-17-25-19-11-5-3-6-12-19/h3,5-6,8-9,11-14,16-17H,4,7,10,15,18H2,1-2H3,(H,27,28). The summed E-state index contributed by atoms with van der Waals surface area (Å²) in [6, 6.07) is 18.5. The van der Waals surface area contributed by atoms with Crippen molar-refractivity contribution in [1.82, 2.24) is 0 Å². The van der Waals surface area contributed by atoms with Gasteiger partial charge in [0.15, 0.2) is 0 Å². The van der Waals surface area contributed by atoms with Gasteiger partial charge in [0, 0.05) is 36.0 Å². The van der Waals surface area contributed by atoms with Crippen LogP contribution < -0.4 is 4.90 Å². The molecule has 0 aliphatic carbocycles. The van der Waals surface area contributed by atoms with Crippen molar-refractivity contribution in [2.24, 2.45) is 4.99 Å². The van der Waals surface area contributed by atoms with Crippen LogP contribution in [0.15, 0.2) is 71.4 Å². The van der Waals surface area contributed by atoms with Gasteiger partial charge in [0.25, 0.3) is 0 Å². The number of hydrogen-bond donors (Lipinski definition) is 1. The molecule has 1 N–H and O–H groups in total. The van der Waals surface area contributed by atoms with Crippen LogP contribution in [0, 0.1) is 0 Å². The number of carboxylic acid groups (broad SMARTS) is 1. The molecule has 0 saturated carbocycles. The summed E-state index contributed by atoms with van der Waals surface area (Å²) in [5, 5.41) is 8.82. The first-order chi connectivity index (χ1) is 13.5. The van der Waals surface area contributed by atoms with Crippen molar-refractivity contribution in [1.29, 1.82) is 0 Å². The number of fused-ring (bicyclic) bond motifs is 1. The van der Waals surface area contributed by atoms with Gasteiger partial charge in [0.05, 0.1) is 5.69 Å². The first-order valence-electron chi connectivity index (χ1n) is 9.89. The maximum atomic E-state index is 10.7. The van der Waals surface area contributed by atoms with Crippen molar-refractivity contribution in [3.05, 3.63) is 71.9 Å². The highest BCUT2D eigenvalue weighted by Crippen LogP contribution is 2.47. The second kappa shape index (κ2) is 8.87. The van der Waals surface area contributed by atoms with E-state index >= 15 is 0 Å². The van der Waals surface area contributed by atoms with Crippen LogP contribution in [0.2, 0.25) is 0 Å². The Bertz CT molecular complexity index is 869. The lowest BCUT2D eigenvalue weighted by Crippen LogP contribution is -2.27. The van der Waals surface area contributed by atoms with Crippen molar-refractivity contribution in [3.8, 4) is 0 Å². The quantitative estimate of drug-likeness (QED) is 0.474. The molecule has 0 saturated heterocycles. The highest BCUT2D eigenvalue weighted by molar-refractivity contribution is 5.81. The monoisotopic (exact) mass is 376 g/mol. The van der Waals surface area contributed by atoms with Gasteiger partial charge in [-0.2, -0.15) is 0 Å². The van der Waals surface area contributed by atoms with E-state index in [-0.39, 0.29) is 11.8 Å². The number of para-hydroxylation sites is 2. The molecular weight excluding hydrogens is 348 g/mol. The highest BCUT2D eigenvalue weighted by atomic mass is 16.4. The van der Waals surface area contributed by atoms with Gasteiger partial charge in [0.1, 0.15) is 0 Å². The maximum Gasteiger partial charge on any atom is 0.303 e. The SMILES string of the molecule is CC1(C)C(=CC=Nc2ccccc2)N(CCCCCC(=O)O)c2ccccc21. The van der Waals surface area contributed by atoms with Crippen LogP contribution in [0.4, 0.5) is 11.4 Å². The summed E-state index contributed by atoms with van der Waals surface area (Å²) in [5.74, 6) is -0.717. The Labute approximate surface area is 167 Å². The summed E-state index contributed by atoms with van der Waals surface area (Å²) in [4.78, 5) is 17.7. The van der Waals surface area contributed by atoms with Crippen LogP contribution >= 0.6 is 0 Å². The molecule has 0 bridgehead atoms. The molecule has 4 nitrogen and oxygen atoms in total. The lowest BCUT2D eigenvalue weighted by atomic mass is 9.84. The van der Waals surface area contributed by atoms with E-state index in [1.807, 2.05) is 36.5 Å². The summed E-state index contributed by atoms with van der Waals surface area (Å²) in [5.41, 5.74) is 4.63. The van der Waals surface area contributed by atoms with E-state index in [1.165, 1.54) is 16.9 Å². The van der Waals surface area contributed by atoms with Gasteiger partial charge in [-0.15, -0.1) is 0 Å². The topological polar surface area (TPSA) is 52.9 Å². The number of carbonyl (C=O) groups is 1. The van der Waals surface area contributed by atoms with Gasteiger partial charge in [-0.1, -0.05) is 56.7 Å². The second-order valence-electron chi connectivity index (χ2n) is 7.66. The molecule has 0 fully saturated rings. The van der Waals surface area contributed by atoms with Crippen LogP contribution in [-0.2, 0) is 10.2 Å². The van der Waals surface area contributed by atoms with E-state index in [0.717, 1.165) is 31.5 Å². The molecule has 3 rings (SSSR count). The summed E-state index contributed by atoms with van der Waals surface area (Å²) >= 11 is 0. The number of rotatable bonds is 8. The molecule has 1 aliphatic heterocycles. The molecule has 1 aliphatic rings. The van der Waals surface area contributed by atoms with Gasteiger partial charge in [-0.25, -0.2) is 0 Å². The Morgan fingerprint density at radius 1 is 1.04 bits per heavy atom. The molecule has 28 heavy (non-hydrogen) atoms. The van der Waals surface area contributed by atoms with Crippen molar-refractivity contribution >= 4 is 23.6 Å². The van der Waals surface area contributed by atoms with Crippen molar-refractivity contribution in [2.45, 2.75) is 44.9 Å². The summed E-state index contributed by atoms with van der Waals surface area (Å²) in [6.45, 7) is 5.38. The van der Waals surface area contributed by atoms with Gasteiger partial charge in [0.2, 0.25) is 0 Å². The largest absolute Gasteiger partial charge is 0.481 e. The van der Waals surface area contributed by atoms with E-state index in [9.17, 15) is 4.79 Å². The number of nitrogens with zero attached hydrogens (tertiary/aromatic N) is 2. The van der Waals surface area contributed by atoms with Gasteiger partial charge < -0.3 is 10.0 Å². The fourth-order valence-electron chi connectivity index (χ4n) is 3.81. The molecule has 4 heteroatoms. The van der Waals surface area contributed by atoms with E-state index in [1.54, 1.807) is 0 Å². The number of aliphatic imine (C=N–C) groups is 1. The summed E-state index contributed by atoms with van der Waals surface area (Å²) in [7, 11) is 0. The third-order valence-electron chi connectivity index (χ3n) is 5.28. The van der Waals surface area contributed by atoms with Crippen LogP contribution in [-0.4, -0.2) is 23.8 Å². The van der Waals surface area contributed by atoms with Crippen LogP contribution in [0.3, 0.4) is 0 Å². The van der Waals surface area contributed by atoms with Crippen molar-refractivity contribution in [2.75, 3.05) is 11.4 Å². The Morgan fingerprint density at radius 3 is 2.50 bits per heavy atom. The fraction of sp³-hybridized carbons (Fsp3) is 0.333. The van der Waals surface area contributed by atoms with Crippen LogP contribution in [0.25, 0.3) is 0 Å². The first kappa shape index (κ1) is 19.9. The Balaban J connectivity index is 1.80. The Kier molecular flexibility index (Phi) is 6.30. The number of anilines is 1. The van der Waals surface area contributed by atoms with Crippen LogP contribution in [0.5, 0.6) is 0 Å². The Hall–Kier alpha value is -2.88. The van der Waals surface area contributed by atoms with E-state index < -0.39 is 5.97 Å². The minimum atomic E-state index is -0.717. The summed E-state index contributed by atoms with van der Waals surface area (Å²) < 4.78 is 0. The zero-order valence-corrected chi connectivity index (χ0v) is 16.6. The smallest absolute Gasteiger partial charge is 0.303 e. The first-order valence-corrected chi connectivity index (χ1v) is 9.89. The van der Waals surface area contributed by atoms with E-state index in [0.29, 0.717) is 0 Å². The van der Waals surface area contributed by atoms with Gasteiger partial charge in [-0.3, -0.25) is 9.79 Å². The number of hydrogen-bond acceptors (Lipinski definition) is 3. The Morgan fingerprint density at radius 2 is 1.75 bits per heavy atom. The number of benzene rings is 2. The predicted octanol–water partition coefficient (Wildman–Crippen LogP) is 5.72. The third kappa shape index (κ3) is 4.50. The third-order valence-corrected chi connectivity index (χ3v) is 5.28. The minimum Gasteiger partial charge on any atom is -0.481 e. The van der Waals surface area contributed by atoms with E-state index in [2.05, 4.69) is 54.1 Å². The predicted molar refractivity (Wildman–Crippen MR) is 116 cm³/mol. The molecular formula is C24H28N2O2. The minimum absolute atomic E-state index is 0.0969. The molecule has 0 unspecified atom stereocenters.